The molecule has 3 nitrogen and oxygen atoms in total. The average molecular weight is 209 g/mol. The van der Waals surface area contributed by atoms with Crippen molar-refractivity contribution >= 4 is 5.97 Å². The minimum Gasteiger partial charge on any atom is -0.465 e. The van der Waals surface area contributed by atoms with Gasteiger partial charge in [0, 0.05) is 0 Å². The fourth-order valence-electron chi connectivity index (χ4n) is 1.71. The molecule has 0 spiro atoms. The van der Waals surface area contributed by atoms with E-state index in [0.717, 1.165) is 5.57 Å². The Bertz CT molecular complexity index is 288. The van der Waals surface area contributed by atoms with E-state index >= 15 is 0 Å². The molecule has 0 aliphatic heterocycles. The van der Waals surface area contributed by atoms with Crippen molar-refractivity contribution in [1.82, 2.24) is 0 Å². The molecule has 0 heterocycles. The molecule has 0 aliphatic carbocycles. The molecule has 1 unspecified atom stereocenters. The van der Waals surface area contributed by atoms with Crippen LogP contribution in [-0.2, 0) is 9.53 Å². The van der Waals surface area contributed by atoms with Crippen molar-refractivity contribution in [2.24, 2.45) is 5.41 Å². The number of allylic oxidation sites excluding steroid dienone is 1. The fourth-order valence-corrected chi connectivity index (χ4v) is 1.71. The third-order valence-corrected chi connectivity index (χ3v) is 2.62. The van der Waals surface area contributed by atoms with Crippen molar-refractivity contribution in [3.8, 4) is 6.07 Å². The van der Waals surface area contributed by atoms with Gasteiger partial charge in [-0.15, -0.1) is 0 Å². The summed E-state index contributed by atoms with van der Waals surface area (Å²) in [7, 11) is 0. The maximum atomic E-state index is 11.8. The second-order valence-corrected chi connectivity index (χ2v) is 3.26. The van der Waals surface area contributed by atoms with Crippen LogP contribution in [0.2, 0.25) is 0 Å². The van der Waals surface area contributed by atoms with Gasteiger partial charge >= 0.3 is 5.97 Å². The number of carbonyl (C=O) groups excluding carboxylic acids is 1. The standard InChI is InChI=1S/C12H19NO2/c1-5-10(6-2)12(7-3,9-13)11(14)15-8-4/h5H,6-8H2,1-4H3/b10-5+. The quantitative estimate of drug-likeness (QED) is 0.516. The van der Waals surface area contributed by atoms with Gasteiger partial charge in [0.15, 0.2) is 5.41 Å². The Labute approximate surface area is 91.7 Å². The van der Waals surface area contributed by atoms with Crippen molar-refractivity contribution < 1.29 is 9.53 Å². The number of rotatable bonds is 5. The highest BCUT2D eigenvalue weighted by molar-refractivity contribution is 5.83. The van der Waals surface area contributed by atoms with Crippen LogP contribution in [0.1, 0.15) is 40.5 Å². The molecule has 1 atom stereocenters. The minimum atomic E-state index is -1.08. The van der Waals surface area contributed by atoms with Crippen molar-refractivity contribution in [3.05, 3.63) is 11.6 Å². The molecule has 0 rings (SSSR count). The Hall–Kier alpha value is -1.30. The molecule has 0 fully saturated rings. The molecule has 15 heavy (non-hydrogen) atoms. The normalized spacial score (nSPS) is 15.3. The number of ether oxygens (including phenoxy) is 1. The van der Waals surface area contributed by atoms with E-state index in [9.17, 15) is 10.1 Å². The highest BCUT2D eigenvalue weighted by Crippen LogP contribution is 2.34. The van der Waals surface area contributed by atoms with Crippen molar-refractivity contribution in [1.29, 1.82) is 5.26 Å². The van der Waals surface area contributed by atoms with Crippen LogP contribution in [0.15, 0.2) is 11.6 Å². The van der Waals surface area contributed by atoms with E-state index in [-0.39, 0.29) is 0 Å². The minimum absolute atomic E-state index is 0.309. The molecule has 84 valence electrons. The highest BCUT2D eigenvalue weighted by atomic mass is 16.5. The van der Waals surface area contributed by atoms with E-state index in [1.54, 1.807) is 6.92 Å². The Morgan fingerprint density at radius 2 is 2.07 bits per heavy atom. The zero-order valence-corrected chi connectivity index (χ0v) is 9.96. The first-order chi connectivity index (χ1) is 7.12. The molecular formula is C12H19NO2. The number of hydrogen-bond acceptors (Lipinski definition) is 3. The van der Waals surface area contributed by atoms with Gasteiger partial charge in [-0.3, -0.25) is 0 Å². The topological polar surface area (TPSA) is 50.1 Å². The van der Waals surface area contributed by atoms with Gasteiger partial charge in [-0.2, -0.15) is 5.26 Å². The van der Waals surface area contributed by atoms with Gasteiger partial charge in [-0.05, 0) is 32.3 Å². The molecule has 0 aromatic rings. The molecular weight excluding hydrogens is 190 g/mol. The monoisotopic (exact) mass is 209 g/mol. The third kappa shape index (κ3) is 2.59. The third-order valence-electron chi connectivity index (χ3n) is 2.62. The SMILES string of the molecule is C/C=C(\CC)C(C#N)(CC)C(=O)OCC. The van der Waals surface area contributed by atoms with E-state index in [0.29, 0.717) is 19.4 Å². The molecule has 0 aliphatic rings. The van der Waals surface area contributed by atoms with E-state index in [4.69, 9.17) is 4.74 Å². The lowest BCUT2D eigenvalue weighted by molar-refractivity contribution is -0.150. The molecule has 3 heteroatoms. The van der Waals surface area contributed by atoms with Crippen LogP contribution in [0.3, 0.4) is 0 Å². The van der Waals surface area contributed by atoms with Crippen LogP contribution in [0.25, 0.3) is 0 Å². The number of hydrogen-bond donors (Lipinski definition) is 0. The Morgan fingerprint density at radius 1 is 1.47 bits per heavy atom. The second kappa shape index (κ2) is 6.23. The van der Waals surface area contributed by atoms with Crippen molar-refractivity contribution in [3.63, 3.8) is 0 Å². The molecule has 0 N–H and O–H groups in total. The summed E-state index contributed by atoms with van der Waals surface area (Å²) in [6.07, 6.45) is 2.98. The van der Waals surface area contributed by atoms with Crippen molar-refractivity contribution in [2.45, 2.75) is 40.5 Å². The Morgan fingerprint density at radius 3 is 2.33 bits per heavy atom. The van der Waals surface area contributed by atoms with Crippen molar-refractivity contribution in [2.75, 3.05) is 6.61 Å². The number of esters is 1. The van der Waals surface area contributed by atoms with E-state index < -0.39 is 11.4 Å². The van der Waals surface area contributed by atoms with Gasteiger partial charge < -0.3 is 4.74 Å². The summed E-state index contributed by atoms with van der Waals surface area (Å²) in [5, 5.41) is 9.21. The predicted molar refractivity (Wildman–Crippen MR) is 59.0 cm³/mol. The predicted octanol–water partition coefficient (Wildman–Crippen LogP) is 2.83. The first kappa shape index (κ1) is 13.7. The van der Waals surface area contributed by atoms with Crippen LogP contribution in [0.5, 0.6) is 0 Å². The zero-order valence-electron chi connectivity index (χ0n) is 9.96. The zero-order chi connectivity index (χ0) is 11.9. The van der Waals surface area contributed by atoms with Gasteiger partial charge in [0.2, 0.25) is 0 Å². The van der Waals surface area contributed by atoms with E-state index in [1.807, 2.05) is 26.8 Å². The summed E-state index contributed by atoms with van der Waals surface area (Å²) in [6, 6.07) is 2.11. The van der Waals surface area contributed by atoms with Gasteiger partial charge in [0.1, 0.15) is 0 Å². The number of nitrogens with zero attached hydrogens (tertiary/aromatic N) is 1. The lowest BCUT2D eigenvalue weighted by atomic mass is 9.77. The van der Waals surface area contributed by atoms with Crippen LogP contribution in [-0.4, -0.2) is 12.6 Å². The Kier molecular flexibility index (Phi) is 5.69. The highest BCUT2D eigenvalue weighted by Gasteiger charge is 2.41. The van der Waals surface area contributed by atoms with Crippen LogP contribution in [0.4, 0.5) is 0 Å². The number of nitriles is 1. The summed E-state index contributed by atoms with van der Waals surface area (Å²) in [6.45, 7) is 7.68. The number of carbonyl (C=O) groups is 1. The summed E-state index contributed by atoms with van der Waals surface area (Å²) in [4.78, 5) is 11.8. The Balaban J connectivity index is 5.24. The maximum Gasteiger partial charge on any atom is 0.330 e. The molecule has 0 aromatic carbocycles. The molecule has 0 saturated heterocycles. The summed E-state index contributed by atoms with van der Waals surface area (Å²) >= 11 is 0. The maximum absolute atomic E-state index is 11.8. The smallest absolute Gasteiger partial charge is 0.330 e. The molecule has 0 radical (unpaired) electrons. The van der Waals surface area contributed by atoms with Crippen LogP contribution in [0, 0.1) is 16.7 Å². The van der Waals surface area contributed by atoms with E-state index in [2.05, 4.69) is 6.07 Å². The van der Waals surface area contributed by atoms with Gasteiger partial charge in [-0.25, -0.2) is 4.79 Å². The molecule has 0 aromatic heterocycles. The van der Waals surface area contributed by atoms with E-state index in [1.165, 1.54) is 0 Å². The second-order valence-electron chi connectivity index (χ2n) is 3.26. The molecule has 0 amide bonds. The van der Waals surface area contributed by atoms with Crippen LogP contribution < -0.4 is 0 Å². The average Bonchev–Trinajstić information content (AvgIpc) is 2.26. The first-order valence-electron chi connectivity index (χ1n) is 5.36. The summed E-state index contributed by atoms with van der Waals surface area (Å²) < 4.78 is 4.97. The van der Waals surface area contributed by atoms with Gasteiger partial charge in [-0.1, -0.05) is 19.9 Å². The van der Waals surface area contributed by atoms with Crippen LogP contribution >= 0.6 is 0 Å². The first-order valence-corrected chi connectivity index (χ1v) is 5.36. The lowest BCUT2D eigenvalue weighted by Gasteiger charge is -2.25. The lowest BCUT2D eigenvalue weighted by Crippen LogP contribution is -2.33. The largest absolute Gasteiger partial charge is 0.465 e. The summed E-state index contributed by atoms with van der Waals surface area (Å²) in [5.41, 5.74) is -0.245. The molecule has 0 saturated carbocycles. The fraction of sp³-hybridized carbons (Fsp3) is 0.667. The summed E-state index contributed by atoms with van der Waals surface area (Å²) in [5.74, 6) is -0.426. The molecule has 0 bridgehead atoms. The van der Waals surface area contributed by atoms with Gasteiger partial charge in [0.05, 0.1) is 12.7 Å². The van der Waals surface area contributed by atoms with Gasteiger partial charge in [0.25, 0.3) is 0 Å².